The highest BCUT2D eigenvalue weighted by atomic mass is 35.5. The van der Waals surface area contributed by atoms with Gasteiger partial charge in [-0.05, 0) is 12.1 Å². The Morgan fingerprint density at radius 1 is 1.42 bits per heavy atom. The van der Waals surface area contributed by atoms with Gasteiger partial charge in [0.15, 0.2) is 0 Å². The summed E-state index contributed by atoms with van der Waals surface area (Å²) >= 11 is 5.78. The van der Waals surface area contributed by atoms with Crippen molar-refractivity contribution in [1.82, 2.24) is 4.98 Å². The van der Waals surface area contributed by atoms with Crippen molar-refractivity contribution in [3.05, 3.63) is 51.8 Å². The summed E-state index contributed by atoms with van der Waals surface area (Å²) in [5.41, 5.74) is 0.238. The third kappa shape index (κ3) is 2.92. The van der Waals surface area contributed by atoms with Crippen molar-refractivity contribution in [2.45, 2.75) is 0 Å². The van der Waals surface area contributed by atoms with Gasteiger partial charge in [0.05, 0.1) is 16.1 Å². The standard InChI is InChI=1S/C12H10ClN3O3/c1-14-10-3-2-4-11(12(10)16(17)18)19-9-5-8(13)6-15-7-9/h2-7,14H,1H3. The summed E-state index contributed by atoms with van der Waals surface area (Å²) < 4.78 is 5.47. The van der Waals surface area contributed by atoms with Crippen LogP contribution in [0.2, 0.25) is 5.02 Å². The molecule has 0 unspecified atom stereocenters. The van der Waals surface area contributed by atoms with Gasteiger partial charge < -0.3 is 10.1 Å². The van der Waals surface area contributed by atoms with E-state index in [0.29, 0.717) is 16.5 Å². The van der Waals surface area contributed by atoms with Crippen molar-refractivity contribution in [2.24, 2.45) is 0 Å². The maximum atomic E-state index is 11.1. The van der Waals surface area contributed by atoms with Gasteiger partial charge in [-0.1, -0.05) is 17.7 Å². The Kier molecular flexibility index (Phi) is 3.82. The molecule has 1 aromatic heterocycles. The number of benzene rings is 1. The van der Waals surface area contributed by atoms with Gasteiger partial charge in [0.2, 0.25) is 5.75 Å². The van der Waals surface area contributed by atoms with E-state index in [-0.39, 0.29) is 11.4 Å². The molecule has 1 heterocycles. The molecular weight excluding hydrogens is 270 g/mol. The van der Waals surface area contributed by atoms with E-state index < -0.39 is 4.92 Å². The fraction of sp³-hybridized carbons (Fsp3) is 0.0833. The average Bonchev–Trinajstić information content (AvgIpc) is 2.38. The first-order valence-corrected chi connectivity index (χ1v) is 5.73. The van der Waals surface area contributed by atoms with Crippen molar-refractivity contribution >= 4 is 23.0 Å². The Labute approximate surface area is 114 Å². The van der Waals surface area contributed by atoms with E-state index in [4.69, 9.17) is 16.3 Å². The molecule has 2 aromatic rings. The molecule has 0 bridgehead atoms. The van der Waals surface area contributed by atoms with E-state index in [1.165, 1.54) is 24.5 Å². The van der Waals surface area contributed by atoms with E-state index in [1.54, 1.807) is 19.2 Å². The number of ether oxygens (including phenoxy) is 1. The number of para-hydroxylation sites is 1. The summed E-state index contributed by atoms with van der Waals surface area (Å²) in [4.78, 5) is 14.5. The SMILES string of the molecule is CNc1cccc(Oc2cncc(Cl)c2)c1[N+](=O)[O-]. The fourth-order valence-corrected chi connectivity index (χ4v) is 1.73. The number of halogens is 1. The first kappa shape index (κ1) is 13.1. The van der Waals surface area contributed by atoms with E-state index in [2.05, 4.69) is 10.3 Å². The van der Waals surface area contributed by atoms with Crippen LogP contribution in [0.15, 0.2) is 36.7 Å². The molecule has 2 rings (SSSR count). The smallest absolute Gasteiger partial charge is 0.334 e. The van der Waals surface area contributed by atoms with E-state index in [9.17, 15) is 10.1 Å². The second kappa shape index (κ2) is 5.53. The lowest BCUT2D eigenvalue weighted by atomic mass is 10.2. The molecule has 0 amide bonds. The van der Waals surface area contributed by atoms with Crippen LogP contribution in [-0.2, 0) is 0 Å². The van der Waals surface area contributed by atoms with Gasteiger partial charge in [0, 0.05) is 19.3 Å². The Balaban J connectivity index is 2.42. The fourth-order valence-electron chi connectivity index (χ4n) is 1.57. The molecule has 19 heavy (non-hydrogen) atoms. The first-order chi connectivity index (χ1) is 9.11. The zero-order chi connectivity index (χ0) is 13.8. The third-order valence-corrected chi connectivity index (χ3v) is 2.57. The van der Waals surface area contributed by atoms with Crippen LogP contribution in [0, 0.1) is 10.1 Å². The number of aromatic nitrogens is 1. The molecule has 98 valence electrons. The predicted octanol–water partition coefficient (Wildman–Crippen LogP) is 3.48. The van der Waals surface area contributed by atoms with Gasteiger partial charge in [-0.3, -0.25) is 15.1 Å². The van der Waals surface area contributed by atoms with Gasteiger partial charge >= 0.3 is 5.69 Å². The zero-order valence-electron chi connectivity index (χ0n) is 9.96. The minimum absolute atomic E-state index is 0.126. The lowest BCUT2D eigenvalue weighted by Gasteiger charge is -2.08. The third-order valence-electron chi connectivity index (χ3n) is 2.36. The molecule has 6 nitrogen and oxygen atoms in total. The molecule has 1 N–H and O–H groups in total. The summed E-state index contributed by atoms with van der Waals surface area (Å²) in [7, 11) is 1.60. The van der Waals surface area contributed by atoms with Crippen LogP contribution in [0.3, 0.4) is 0 Å². The highest BCUT2D eigenvalue weighted by Gasteiger charge is 2.20. The highest BCUT2D eigenvalue weighted by molar-refractivity contribution is 6.30. The molecular formula is C12H10ClN3O3. The Hall–Kier alpha value is -2.34. The molecule has 0 saturated heterocycles. The van der Waals surface area contributed by atoms with Crippen molar-refractivity contribution in [1.29, 1.82) is 0 Å². The van der Waals surface area contributed by atoms with Gasteiger partial charge in [-0.15, -0.1) is 0 Å². The van der Waals surface area contributed by atoms with Crippen molar-refractivity contribution in [3.8, 4) is 11.5 Å². The first-order valence-electron chi connectivity index (χ1n) is 5.35. The molecule has 0 aliphatic rings. The predicted molar refractivity (Wildman–Crippen MR) is 72.0 cm³/mol. The van der Waals surface area contributed by atoms with E-state index >= 15 is 0 Å². The van der Waals surface area contributed by atoms with Gasteiger partial charge in [0.1, 0.15) is 11.4 Å². The summed E-state index contributed by atoms with van der Waals surface area (Å²) in [6.45, 7) is 0. The second-order valence-electron chi connectivity index (χ2n) is 3.60. The molecule has 0 fully saturated rings. The molecule has 0 aliphatic carbocycles. The van der Waals surface area contributed by atoms with Crippen LogP contribution in [0.1, 0.15) is 0 Å². The van der Waals surface area contributed by atoms with Crippen molar-refractivity contribution in [3.63, 3.8) is 0 Å². The summed E-state index contributed by atoms with van der Waals surface area (Å²) in [6, 6.07) is 6.30. The van der Waals surface area contributed by atoms with Gasteiger partial charge in [-0.25, -0.2) is 0 Å². The number of hydrogen-bond acceptors (Lipinski definition) is 5. The number of anilines is 1. The molecule has 0 saturated carbocycles. The molecule has 1 aromatic carbocycles. The van der Waals surface area contributed by atoms with Crippen LogP contribution in [0.5, 0.6) is 11.5 Å². The van der Waals surface area contributed by atoms with Crippen molar-refractivity contribution in [2.75, 3.05) is 12.4 Å². The van der Waals surface area contributed by atoms with Gasteiger partial charge in [0.25, 0.3) is 0 Å². The zero-order valence-corrected chi connectivity index (χ0v) is 10.7. The Bertz CT molecular complexity index is 619. The normalized spacial score (nSPS) is 10.0. The lowest BCUT2D eigenvalue weighted by Crippen LogP contribution is -1.99. The minimum atomic E-state index is -0.501. The topological polar surface area (TPSA) is 77.3 Å². The number of nitrogens with zero attached hydrogens (tertiary/aromatic N) is 2. The lowest BCUT2D eigenvalue weighted by molar-refractivity contribution is -0.384. The monoisotopic (exact) mass is 279 g/mol. The van der Waals surface area contributed by atoms with Crippen LogP contribution < -0.4 is 10.1 Å². The number of pyridine rings is 1. The van der Waals surface area contributed by atoms with Crippen molar-refractivity contribution < 1.29 is 9.66 Å². The number of nitrogens with one attached hydrogen (secondary N) is 1. The molecule has 0 spiro atoms. The number of rotatable bonds is 4. The van der Waals surface area contributed by atoms with E-state index in [0.717, 1.165) is 0 Å². The second-order valence-corrected chi connectivity index (χ2v) is 4.04. The molecule has 0 radical (unpaired) electrons. The van der Waals surface area contributed by atoms with Crippen LogP contribution in [-0.4, -0.2) is 17.0 Å². The molecule has 0 atom stereocenters. The Morgan fingerprint density at radius 2 is 2.21 bits per heavy atom. The van der Waals surface area contributed by atoms with Crippen LogP contribution in [0.4, 0.5) is 11.4 Å². The largest absolute Gasteiger partial charge is 0.448 e. The molecule has 0 aliphatic heterocycles. The van der Waals surface area contributed by atoms with Crippen LogP contribution in [0.25, 0.3) is 0 Å². The Morgan fingerprint density at radius 3 is 2.84 bits per heavy atom. The number of nitro benzene ring substituents is 1. The van der Waals surface area contributed by atoms with Gasteiger partial charge in [-0.2, -0.15) is 0 Å². The number of nitro groups is 1. The summed E-state index contributed by atoms with van der Waals surface area (Å²) in [6.07, 6.45) is 2.88. The average molecular weight is 280 g/mol. The maximum Gasteiger partial charge on any atom is 0.334 e. The van der Waals surface area contributed by atoms with E-state index in [1.807, 2.05) is 0 Å². The molecule has 7 heteroatoms. The quantitative estimate of drug-likeness (QED) is 0.685. The van der Waals surface area contributed by atoms with Crippen LogP contribution >= 0.6 is 11.6 Å². The minimum Gasteiger partial charge on any atom is -0.448 e. The number of hydrogen-bond donors (Lipinski definition) is 1. The summed E-state index contributed by atoms with van der Waals surface area (Å²) in [5, 5.41) is 14.2. The highest BCUT2D eigenvalue weighted by Crippen LogP contribution is 2.37. The maximum absolute atomic E-state index is 11.1. The summed E-state index contributed by atoms with van der Waals surface area (Å²) in [5.74, 6) is 0.463.